The van der Waals surface area contributed by atoms with Gasteiger partial charge in [-0.05, 0) is 13.8 Å². The van der Waals surface area contributed by atoms with Gasteiger partial charge in [0.25, 0.3) is 0 Å². The van der Waals surface area contributed by atoms with E-state index in [2.05, 4.69) is 20.3 Å². The molecule has 0 aliphatic heterocycles. The van der Waals surface area contributed by atoms with Crippen molar-refractivity contribution in [1.29, 1.82) is 0 Å². The Bertz CT molecular complexity index is 500. The van der Waals surface area contributed by atoms with Crippen LogP contribution in [0.5, 0.6) is 0 Å². The van der Waals surface area contributed by atoms with E-state index in [1.165, 1.54) is 22.8 Å². The predicted octanol–water partition coefficient (Wildman–Crippen LogP) is -0.139. The Hall–Kier alpha value is -1.61. The molecule has 8 nitrogen and oxygen atoms in total. The largest absolute Gasteiger partial charge is 0.338 e. The van der Waals surface area contributed by atoms with Crippen LogP contribution in [0.1, 0.15) is 25.6 Å². The minimum Gasteiger partial charge on any atom is -0.338 e. The van der Waals surface area contributed by atoms with Crippen molar-refractivity contribution in [2.75, 3.05) is 5.84 Å². The average molecular weight is 255 g/mol. The number of thioether (sulfide) groups is 1. The fraction of sp³-hybridized carbons (Fsp3) is 0.500. The van der Waals surface area contributed by atoms with Gasteiger partial charge in [0.15, 0.2) is 5.82 Å². The van der Waals surface area contributed by atoms with Crippen molar-refractivity contribution in [2.24, 2.45) is 5.73 Å². The lowest BCUT2D eigenvalue weighted by molar-refractivity contribution is 0.369. The van der Waals surface area contributed by atoms with Gasteiger partial charge in [-0.25, -0.2) is 4.68 Å². The Morgan fingerprint density at radius 1 is 1.53 bits per heavy atom. The van der Waals surface area contributed by atoms with Crippen molar-refractivity contribution >= 4 is 11.8 Å². The smallest absolute Gasteiger partial charge is 0.237 e. The number of rotatable bonds is 4. The van der Waals surface area contributed by atoms with Gasteiger partial charge in [-0.1, -0.05) is 16.9 Å². The van der Waals surface area contributed by atoms with Crippen LogP contribution in [0.25, 0.3) is 0 Å². The number of hydrogen-bond acceptors (Lipinski definition) is 8. The van der Waals surface area contributed by atoms with E-state index < -0.39 is 5.54 Å². The molecule has 0 atom stereocenters. The Kier molecular flexibility index (Phi) is 3.03. The van der Waals surface area contributed by atoms with Crippen LogP contribution in [0.3, 0.4) is 0 Å². The summed E-state index contributed by atoms with van der Waals surface area (Å²) in [5.74, 6) is 6.99. The molecule has 92 valence electrons. The highest BCUT2D eigenvalue weighted by atomic mass is 32.2. The highest BCUT2D eigenvalue weighted by Gasteiger charge is 2.21. The number of nitrogens with zero attached hydrogens (tertiary/aromatic N) is 5. The van der Waals surface area contributed by atoms with Gasteiger partial charge in [-0.3, -0.25) is 0 Å². The van der Waals surface area contributed by atoms with Crippen LogP contribution < -0.4 is 11.6 Å². The molecule has 0 spiro atoms. The van der Waals surface area contributed by atoms with Crippen molar-refractivity contribution in [3.05, 3.63) is 18.0 Å². The van der Waals surface area contributed by atoms with Crippen molar-refractivity contribution in [3.8, 4) is 0 Å². The molecule has 4 N–H and O–H groups in total. The molecular weight excluding hydrogens is 242 g/mol. The third-order valence-electron chi connectivity index (χ3n) is 1.91. The minimum atomic E-state index is -0.611. The predicted molar refractivity (Wildman–Crippen MR) is 61.2 cm³/mol. The van der Waals surface area contributed by atoms with Crippen molar-refractivity contribution in [3.63, 3.8) is 0 Å². The minimum absolute atomic E-state index is 0.471. The van der Waals surface area contributed by atoms with Crippen LogP contribution in [0.15, 0.2) is 16.0 Å². The zero-order valence-corrected chi connectivity index (χ0v) is 10.3. The average Bonchev–Trinajstić information content (AvgIpc) is 2.82. The number of nitrogen functional groups attached to an aromatic ring is 1. The fourth-order valence-electron chi connectivity index (χ4n) is 1.04. The van der Waals surface area contributed by atoms with E-state index in [1.54, 1.807) is 0 Å². The molecule has 2 heterocycles. The second kappa shape index (κ2) is 4.34. The molecule has 0 bridgehead atoms. The Morgan fingerprint density at radius 2 is 2.29 bits per heavy atom. The molecule has 0 radical (unpaired) electrons. The van der Waals surface area contributed by atoms with Crippen molar-refractivity contribution in [1.82, 2.24) is 25.0 Å². The maximum Gasteiger partial charge on any atom is 0.237 e. The lowest BCUT2D eigenvalue weighted by Gasteiger charge is -2.11. The highest BCUT2D eigenvalue weighted by molar-refractivity contribution is 7.98. The molecule has 17 heavy (non-hydrogen) atoms. The molecule has 9 heteroatoms. The van der Waals surface area contributed by atoms with Crippen LogP contribution in [0.4, 0.5) is 0 Å². The molecule has 0 saturated carbocycles. The summed E-state index contributed by atoms with van der Waals surface area (Å²) >= 11 is 1.36. The van der Waals surface area contributed by atoms with Gasteiger partial charge in [0.1, 0.15) is 6.33 Å². The number of nitrogens with two attached hydrogens (primary N) is 2. The zero-order valence-electron chi connectivity index (χ0n) is 9.49. The quantitative estimate of drug-likeness (QED) is 0.572. The molecule has 0 amide bonds. The van der Waals surface area contributed by atoms with E-state index in [-0.39, 0.29) is 0 Å². The van der Waals surface area contributed by atoms with Gasteiger partial charge < -0.3 is 16.1 Å². The molecule has 0 saturated heterocycles. The third kappa shape index (κ3) is 2.74. The van der Waals surface area contributed by atoms with Crippen LogP contribution in [-0.2, 0) is 11.3 Å². The van der Waals surface area contributed by atoms with Crippen LogP contribution in [0.2, 0.25) is 0 Å². The summed E-state index contributed by atoms with van der Waals surface area (Å²) in [6.07, 6.45) is 1.42. The lowest BCUT2D eigenvalue weighted by Crippen LogP contribution is -2.30. The summed E-state index contributed by atoms with van der Waals surface area (Å²) in [7, 11) is 0. The molecule has 2 aromatic rings. The maximum absolute atomic E-state index is 5.85. The third-order valence-corrected chi connectivity index (χ3v) is 2.85. The van der Waals surface area contributed by atoms with E-state index in [9.17, 15) is 0 Å². The van der Waals surface area contributed by atoms with Gasteiger partial charge in [0, 0.05) is 0 Å². The van der Waals surface area contributed by atoms with Crippen molar-refractivity contribution < 1.29 is 4.52 Å². The van der Waals surface area contributed by atoms with Gasteiger partial charge >= 0.3 is 0 Å². The topological polar surface area (TPSA) is 122 Å². The Labute approximate surface area is 102 Å². The first-order chi connectivity index (χ1) is 7.97. The molecule has 0 aliphatic rings. The van der Waals surface area contributed by atoms with Gasteiger partial charge in [-0.15, -0.1) is 10.2 Å². The standard InChI is InChI=1S/C8H13N7OS/c1-8(2,9)6-12-5(16-14-6)3-17-7-13-11-4-15(7)10/h4H,3,9-10H2,1-2H3. The van der Waals surface area contributed by atoms with E-state index in [1.807, 2.05) is 13.8 Å². The first kappa shape index (κ1) is 11.9. The lowest BCUT2D eigenvalue weighted by atomic mass is 10.1. The Morgan fingerprint density at radius 3 is 2.82 bits per heavy atom. The molecular formula is C8H13N7OS. The molecule has 0 fully saturated rings. The first-order valence-corrected chi connectivity index (χ1v) is 5.85. The normalized spacial score (nSPS) is 11.9. The summed E-state index contributed by atoms with van der Waals surface area (Å²) in [6, 6.07) is 0. The van der Waals surface area contributed by atoms with E-state index in [0.29, 0.717) is 22.6 Å². The number of aromatic nitrogens is 5. The van der Waals surface area contributed by atoms with Gasteiger partial charge in [0.2, 0.25) is 11.0 Å². The first-order valence-electron chi connectivity index (χ1n) is 4.86. The fourth-order valence-corrected chi connectivity index (χ4v) is 1.71. The van der Waals surface area contributed by atoms with E-state index in [0.717, 1.165) is 0 Å². The monoisotopic (exact) mass is 255 g/mol. The zero-order chi connectivity index (χ0) is 12.5. The van der Waals surface area contributed by atoms with Gasteiger partial charge in [-0.2, -0.15) is 4.98 Å². The maximum atomic E-state index is 5.85. The SMILES string of the molecule is CC(C)(N)c1noc(CSc2nncn2N)n1. The van der Waals surface area contributed by atoms with Crippen LogP contribution in [0, 0.1) is 0 Å². The van der Waals surface area contributed by atoms with E-state index >= 15 is 0 Å². The molecule has 0 aliphatic carbocycles. The van der Waals surface area contributed by atoms with Crippen LogP contribution >= 0.6 is 11.8 Å². The number of hydrogen-bond donors (Lipinski definition) is 2. The second-order valence-corrected chi connectivity index (χ2v) is 4.99. The molecule has 2 aromatic heterocycles. The van der Waals surface area contributed by atoms with Crippen LogP contribution in [-0.4, -0.2) is 25.0 Å². The van der Waals surface area contributed by atoms with Crippen molar-refractivity contribution in [2.45, 2.75) is 30.3 Å². The molecule has 0 aromatic carbocycles. The summed E-state index contributed by atoms with van der Waals surface area (Å²) < 4.78 is 6.40. The summed E-state index contributed by atoms with van der Waals surface area (Å²) in [5.41, 5.74) is 5.24. The summed E-state index contributed by atoms with van der Waals surface area (Å²) in [4.78, 5) is 4.19. The van der Waals surface area contributed by atoms with Gasteiger partial charge in [0.05, 0.1) is 11.3 Å². The summed E-state index contributed by atoms with van der Waals surface area (Å²) in [5, 5.41) is 11.9. The molecule has 0 unspecified atom stereocenters. The second-order valence-electron chi connectivity index (χ2n) is 4.04. The summed E-state index contributed by atoms with van der Waals surface area (Å²) in [6.45, 7) is 3.62. The highest BCUT2D eigenvalue weighted by Crippen LogP contribution is 2.20. The molecule has 2 rings (SSSR count). The van der Waals surface area contributed by atoms with E-state index in [4.69, 9.17) is 16.1 Å². The Balaban J connectivity index is 2.01.